The Morgan fingerprint density at radius 2 is 2.10 bits per heavy atom. The van der Waals surface area contributed by atoms with Crippen molar-refractivity contribution in [2.24, 2.45) is 5.92 Å². The van der Waals surface area contributed by atoms with E-state index in [-0.39, 0.29) is 0 Å². The lowest BCUT2D eigenvalue weighted by Crippen LogP contribution is -2.07. The normalized spacial score (nSPS) is 21.0. The minimum Gasteiger partial charge on any atom is -0.303 e. The lowest BCUT2D eigenvalue weighted by atomic mass is 9.85. The van der Waals surface area contributed by atoms with Crippen molar-refractivity contribution in [3.8, 4) is 0 Å². The lowest BCUT2D eigenvalue weighted by molar-refractivity contribution is -0.108. The van der Waals surface area contributed by atoms with Crippen LogP contribution in [0.5, 0.6) is 0 Å². The molecule has 0 aromatic rings. The van der Waals surface area contributed by atoms with Gasteiger partial charge in [0.1, 0.15) is 6.29 Å². The molecular weight excluding hydrogens is 124 g/mol. The fraction of sp³-hybridized carbons (Fsp3) is 0.667. The maximum atomic E-state index is 10.1. The average Bonchev–Trinajstić information content (AvgIpc) is 1.95. The Hall–Kier alpha value is -0.590. The summed E-state index contributed by atoms with van der Waals surface area (Å²) in [7, 11) is 0. The van der Waals surface area contributed by atoms with Gasteiger partial charge in [-0.3, -0.25) is 0 Å². The molecule has 1 saturated carbocycles. The van der Waals surface area contributed by atoms with Crippen LogP contribution in [0.4, 0.5) is 0 Å². The predicted octanol–water partition coefficient (Wildman–Crippen LogP) is 2.32. The molecule has 0 radical (unpaired) electrons. The van der Waals surface area contributed by atoms with Crippen LogP contribution >= 0.6 is 0 Å². The fourth-order valence-corrected chi connectivity index (χ4v) is 1.46. The van der Waals surface area contributed by atoms with Crippen molar-refractivity contribution in [2.45, 2.75) is 32.1 Å². The molecule has 1 rings (SSSR count). The number of hydrogen-bond donors (Lipinski definition) is 0. The summed E-state index contributed by atoms with van der Waals surface area (Å²) < 4.78 is 0. The molecular formula is C9H14O. The molecule has 0 bridgehead atoms. The highest BCUT2D eigenvalue weighted by Crippen LogP contribution is 2.28. The van der Waals surface area contributed by atoms with E-state index in [1.807, 2.05) is 0 Å². The van der Waals surface area contributed by atoms with Crippen molar-refractivity contribution in [1.82, 2.24) is 0 Å². The van der Waals surface area contributed by atoms with Gasteiger partial charge in [-0.2, -0.15) is 0 Å². The van der Waals surface area contributed by atoms with Crippen molar-refractivity contribution < 1.29 is 4.79 Å². The van der Waals surface area contributed by atoms with Crippen molar-refractivity contribution in [3.63, 3.8) is 0 Å². The standard InChI is InChI=1S/C9H14O/c1-8-2-4-9(5-3-8)6-7-10/h7,9H,1-6H2. The van der Waals surface area contributed by atoms with Crippen molar-refractivity contribution in [1.29, 1.82) is 0 Å². The van der Waals surface area contributed by atoms with Crippen LogP contribution in [0.25, 0.3) is 0 Å². The zero-order valence-electron chi connectivity index (χ0n) is 6.31. The van der Waals surface area contributed by atoms with Gasteiger partial charge < -0.3 is 4.79 Å². The van der Waals surface area contributed by atoms with Gasteiger partial charge in [-0.05, 0) is 31.6 Å². The topological polar surface area (TPSA) is 17.1 Å². The average molecular weight is 138 g/mol. The van der Waals surface area contributed by atoms with Gasteiger partial charge in [0.2, 0.25) is 0 Å². The third-order valence-corrected chi connectivity index (χ3v) is 2.24. The molecule has 0 atom stereocenters. The van der Waals surface area contributed by atoms with E-state index < -0.39 is 0 Å². The molecule has 56 valence electrons. The van der Waals surface area contributed by atoms with Gasteiger partial charge in [0.05, 0.1) is 0 Å². The number of carbonyl (C=O) groups is 1. The first-order chi connectivity index (χ1) is 4.83. The molecule has 0 saturated heterocycles. The Labute approximate surface area is 62.1 Å². The zero-order chi connectivity index (χ0) is 7.40. The summed E-state index contributed by atoms with van der Waals surface area (Å²) in [6.45, 7) is 3.92. The van der Waals surface area contributed by atoms with Gasteiger partial charge in [-0.1, -0.05) is 12.2 Å². The third kappa shape index (κ3) is 1.98. The van der Waals surface area contributed by atoms with Crippen LogP contribution in [0.1, 0.15) is 32.1 Å². The second-order valence-electron chi connectivity index (χ2n) is 3.10. The molecule has 0 N–H and O–H groups in total. The first kappa shape index (κ1) is 7.52. The molecule has 0 aromatic carbocycles. The number of allylic oxidation sites excluding steroid dienone is 1. The number of aldehydes is 1. The van der Waals surface area contributed by atoms with Gasteiger partial charge in [0, 0.05) is 6.42 Å². The maximum Gasteiger partial charge on any atom is 0.120 e. The predicted molar refractivity (Wildman–Crippen MR) is 41.8 cm³/mol. The van der Waals surface area contributed by atoms with Crippen LogP contribution in [0, 0.1) is 5.92 Å². The first-order valence-corrected chi connectivity index (χ1v) is 3.93. The van der Waals surface area contributed by atoms with Gasteiger partial charge in [0.15, 0.2) is 0 Å². The highest BCUT2D eigenvalue weighted by atomic mass is 16.1. The van der Waals surface area contributed by atoms with E-state index in [1.54, 1.807) is 0 Å². The summed E-state index contributed by atoms with van der Waals surface area (Å²) in [6.07, 6.45) is 6.43. The number of hydrogen-bond acceptors (Lipinski definition) is 1. The fourth-order valence-electron chi connectivity index (χ4n) is 1.46. The van der Waals surface area contributed by atoms with E-state index in [0.717, 1.165) is 25.5 Å². The number of rotatable bonds is 2. The highest BCUT2D eigenvalue weighted by Gasteiger charge is 2.14. The lowest BCUT2D eigenvalue weighted by Gasteiger charge is -2.20. The van der Waals surface area contributed by atoms with Gasteiger partial charge >= 0.3 is 0 Å². The van der Waals surface area contributed by atoms with E-state index in [0.29, 0.717) is 5.92 Å². The smallest absolute Gasteiger partial charge is 0.120 e. The van der Waals surface area contributed by atoms with Crippen LogP contribution in [0.3, 0.4) is 0 Å². The van der Waals surface area contributed by atoms with E-state index in [2.05, 4.69) is 6.58 Å². The Balaban J connectivity index is 2.25. The molecule has 1 aliphatic carbocycles. The second-order valence-corrected chi connectivity index (χ2v) is 3.10. The molecule has 0 amide bonds. The molecule has 0 aliphatic heterocycles. The summed E-state index contributed by atoms with van der Waals surface area (Å²) in [5, 5.41) is 0. The van der Waals surface area contributed by atoms with Crippen LogP contribution in [-0.2, 0) is 4.79 Å². The summed E-state index contributed by atoms with van der Waals surface area (Å²) in [6, 6.07) is 0. The van der Waals surface area contributed by atoms with Crippen LogP contribution in [-0.4, -0.2) is 6.29 Å². The highest BCUT2D eigenvalue weighted by molar-refractivity contribution is 5.49. The van der Waals surface area contributed by atoms with E-state index in [1.165, 1.54) is 18.4 Å². The SMILES string of the molecule is C=C1CCC(CC=O)CC1. The van der Waals surface area contributed by atoms with Crippen LogP contribution in [0.2, 0.25) is 0 Å². The molecule has 1 fully saturated rings. The number of carbonyl (C=O) groups excluding carboxylic acids is 1. The van der Waals surface area contributed by atoms with Crippen LogP contribution < -0.4 is 0 Å². The molecule has 1 nitrogen and oxygen atoms in total. The van der Waals surface area contributed by atoms with Gasteiger partial charge in [0.25, 0.3) is 0 Å². The quantitative estimate of drug-likeness (QED) is 0.423. The molecule has 0 aromatic heterocycles. The van der Waals surface area contributed by atoms with Crippen molar-refractivity contribution in [3.05, 3.63) is 12.2 Å². The Morgan fingerprint density at radius 3 is 2.60 bits per heavy atom. The van der Waals surface area contributed by atoms with E-state index >= 15 is 0 Å². The zero-order valence-corrected chi connectivity index (χ0v) is 6.31. The Kier molecular flexibility index (Phi) is 2.67. The van der Waals surface area contributed by atoms with Gasteiger partial charge in [-0.25, -0.2) is 0 Å². The minimum atomic E-state index is 0.656. The largest absolute Gasteiger partial charge is 0.303 e. The molecule has 1 heteroatoms. The molecule has 10 heavy (non-hydrogen) atoms. The Bertz CT molecular complexity index is 128. The summed E-state index contributed by atoms with van der Waals surface area (Å²) >= 11 is 0. The maximum absolute atomic E-state index is 10.1. The molecule has 0 spiro atoms. The molecule has 0 unspecified atom stereocenters. The second kappa shape index (κ2) is 3.55. The monoisotopic (exact) mass is 138 g/mol. The molecule has 0 heterocycles. The summed E-state index contributed by atoms with van der Waals surface area (Å²) in [5.41, 5.74) is 1.36. The Morgan fingerprint density at radius 1 is 1.50 bits per heavy atom. The van der Waals surface area contributed by atoms with Crippen LogP contribution in [0.15, 0.2) is 12.2 Å². The van der Waals surface area contributed by atoms with E-state index in [4.69, 9.17) is 0 Å². The van der Waals surface area contributed by atoms with Crippen molar-refractivity contribution >= 4 is 6.29 Å². The third-order valence-electron chi connectivity index (χ3n) is 2.24. The first-order valence-electron chi connectivity index (χ1n) is 3.93. The van der Waals surface area contributed by atoms with Gasteiger partial charge in [-0.15, -0.1) is 0 Å². The summed E-state index contributed by atoms with van der Waals surface area (Å²) in [4.78, 5) is 10.1. The van der Waals surface area contributed by atoms with E-state index in [9.17, 15) is 4.79 Å². The molecule has 1 aliphatic rings. The summed E-state index contributed by atoms with van der Waals surface area (Å²) in [5.74, 6) is 0.656. The van der Waals surface area contributed by atoms with Crippen molar-refractivity contribution in [2.75, 3.05) is 0 Å². The minimum absolute atomic E-state index is 0.656.